The van der Waals surface area contributed by atoms with Crippen molar-refractivity contribution < 1.29 is 4.79 Å². The lowest BCUT2D eigenvalue weighted by Gasteiger charge is -2.11. The van der Waals surface area contributed by atoms with E-state index in [2.05, 4.69) is 24.4 Å². The van der Waals surface area contributed by atoms with Crippen LogP contribution in [0.3, 0.4) is 0 Å². The van der Waals surface area contributed by atoms with E-state index in [0.717, 1.165) is 17.5 Å². The molecular formula is C17H19NO. The van der Waals surface area contributed by atoms with Crippen LogP contribution in [0, 0.1) is 0 Å². The molecule has 2 aromatic rings. The molecule has 1 atom stereocenters. The van der Waals surface area contributed by atoms with Crippen molar-refractivity contribution >= 4 is 5.91 Å². The van der Waals surface area contributed by atoms with Crippen LogP contribution in [-0.4, -0.2) is 11.9 Å². The summed E-state index contributed by atoms with van der Waals surface area (Å²) in [5.41, 5.74) is 3.00. The summed E-state index contributed by atoms with van der Waals surface area (Å²) in [4.78, 5) is 12.0. The standard InChI is InChI=1S/C17H19NO/c1-3-13(2)18-17(19)16-11-9-15(10-12-16)14-7-5-4-6-8-14/h4-13H,3H2,1-2H3,(H,18,19)/t13-/m0/s1. The summed E-state index contributed by atoms with van der Waals surface area (Å²) in [5.74, 6) is -0.00559. The number of hydrogen-bond acceptors (Lipinski definition) is 1. The third-order valence-corrected chi connectivity index (χ3v) is 3.24. The molecule has 0 aliphatic heterocycles. The molecule has 0 bridgehead atoms. The SMILES string of the molecule is CC[C@H](C)NC(=O)c1ccc(-c2ccccc2)cc1. The zero-order chi connectivity index (χ0) is 13.7. The van der Waals surface area contributed by atoms with Crippen LogP contribution in [0.4, 0.5) is 0 Å². The highest BCUT2D eigenvalue weighted by Gasteiger charge is 2.08. The van der Waals surface area contributed by atoms with Gasteiger partial charge in [-0.25, -0.2) is 0 Å². The van der Waals surface area contributed by atoms with Crippen LogP contribution >= 0.6 is 0 Å². The van der Waals surface area contributed by atoms with Crippen LogP contribution in [0.2, 0.25) is 0 Å². The van der Waals surface area contributed by atoms with Crippen LogP contribution in [0.5, 0.6) is 0 Å². The van der Waals surface area contributed by atoms with E-state index in [9.17, 15) is 4.79 Å². The second-order valence-corrected chi connectivity index (χ2v) is 4.73. The molecule has 0 saturated heterocycles. The molecule has 1 amide bonds. The first-order valence-electron chi connectivity index (χ1n) is 6.67. The van der Waals surface area contributed by atoms with Gasteiger partial charge in [-0.1, -0.05) is 49.4 Å². The summed E-state index contributed by atoms with van der Waals surface area (Å²) >= 11 is 0. The van der Waals surface area contributed by atoms with Crippen molar-refractivity contribution in [2.45, 2.75) is 26.3 Å². The van der Waals surface area contributed by atoms with E-state index in [1.54, 1.807) is 0 Å². The van der Waals surface area contributed by atoms with Crippen molar-refractivity contribution in [1.29, 1.82) is 0 Å². The number of hydrogen-bond donors (Lipinski definition) is 1. The van der Waals surface area contributed by atoms with Gasteiger partial charge in [-0.3, -0.25) is 4.79 Å². The lowest BCUT2D eigenvalue weighted by molar-refractivity contribution is 0.0939. The Morgan fingerprint density at radius 3 is 2.16 bits per heavy atom. The maximum atomic E-state index is 12.0. The van der Waals surface area contributed by atoms with Gasteiger partial charge in [0.05, 0.1) is 0 Å². The third kappa shape index (κ3) is 3.44. The average molecular weight is 253 g/mol. The van der Waals surface area contributed by atoms with Crippen molar-refractivity contribution in [3.63, 3.8) is 0 Å². The molecule has 19 heavy (non-hydrogen) atoms. The Hall–Kier alpha value is -2.09. The first-order valence-corrected chi connectivity index (χ1v) is 6.67. The van der Waals surface area contributed by atoms with E-state index in [-0.39, 0.29) is 11.9 Å². The summed E-state index contributed by atoms with van der Waals surface area (Å²) in [7, 11) is 0. The number of benzene rings is 2. The Morgan fingerprint density at radius 1 is 1.00 bits per heavy atom. The molecule has 1 N–H and O–H groups in total. The highest BCUT2D eigenvalue weighted by Crippen LogP contribution is 2.19. The zero-order valence-corrected chi connectivity index (χ0v) is 11.4. The van der Waals surface area contributed by atoms with Crippen LogP contribution in [0.25, 0.3) is 11.1 Å². The Balaban J connectivity index is 2.13. The average Bonchev–Trinajstić information content (AvgIpc) is 2.48. The highest BCUT2D eigenvalue weighted by atomic mass is 16.1. The highest BCUT2D eigenvalue weighted by molar-refractivity contribution is 5.94. The molecule has 0 aromatic heterocycles. The second-order valence-electron chi connectivity index (χ2n) is 4.73. The summed E-state index contributed by atoms with van der Waals surface area (Å²) in [5, 5.41) is 2.97. The quantitative estimate of drug-likeness (QED) is 0.880. The van der Waals surface area contributed by atoms with Gasteiger partial charge in [0.1, 0.15) is 0 Å². The summed E-state index contributed by atoms with van der Waals surface area (Å²) < 4.78 is 0. The molecule has 0 aliphatic carbocycles. The van der Waals surface area contributed by atoms with Crippen molar-refractivity contribution in [3.05, 3.63) is 60.2 Å². The topological polar surface area (TPSA) is 29.1 Å². The van der Waals surface area contributed by atoms with Crippen molar-refractivity contribution in [1.82, 2.24) is 5.32 Å². The normalized spacial score (nSPS) is 11.9. The molecule has 2 aromatic carbocycles. The molecule has 2 nitrogen and oxygen atoms in total. The minimum absolute atomic E-state index is 0.00559. The van der Waals surface area contributed by atoms with Gasteiger partial charge >= 0.3 is 0 Å². The van der Waals surface area contributed by atoms with Gasteiger partial charge in [0.2, 0.25) is 0 Å². The van der Waals surface area contributed by atoms with Crippen LogP contribution in [-0.2, 0) is 0 Å². The maximum absolute atomic E-state index is 12.0. The number of rotatable bonds is 4. The predicted molar refractivity (Wildman–Crippen MR) is 79.1 cm³/mol. The fourth-order valence-corrected chi connectivity index (χ4v) is 1.85. The number of amides is 1. The second kappa shape index (κ2) is 6.19. The Bertz CT molecular complexity index is 531. The van der Waals surface area contributed by atoms with E-state index in [1.807, 2.05) is 49.4 Å². The molecule has 0 spiro atoms. The van der Waals surface area contributed by atoms with E-state index >= 15 is 0 Å². The molecular weight excluding hydrogens is 234 g/mol. The largest absolute Gasteiger partial charge is 0.350 e. The van der Waals surface area contributed by atoms with Gasteiger partial charge < -0.3 is 5.32 Å². The Labute approximate surface area is 114 Å². The fraction of sp³-hybridized carbons (Fsp3) is 0.235. The van der Waals surface area contributed by atoms with E-state index in [0.29, 0.717) is 5.56 Å². The summed E-state index contributed by atoms with van der Waals surface area (Å²) in [6.07, 6.45) is 0.938. The smallest absolute Gasteiger partial charge is 0.251 e. The fourth-order valence-electron chi connectivity index (χ4n) is 1.85. The first kappa shape index (κ1) is 13.3. The van der Waals surface area contributed by atoms with Gasteiger partial charge in [-0.05, 0) is 36.6 Å². The number of carbonyl (C=O) groups is 1. The lowest BCUT2D eigenvalue weighted by atomic mass is 10.0. The third-order valence-electron chi connectivity index (χ3n) is 3.24. The van der Waals surface area contributed by atoms with Gasteiger partial charge in [-0.2, -0.15) is 0 Å². The monoisotopic (exact) mass is 253 g/mol. The molecule has 2 heteroatoms. The van der Waals surface area contributed by atoms with Crippen LogP contribution in [0.15, 0.2) is 54.6 Å². The van der Waals surface area contributed by atoms with Crippen LogP contribution < -0.4 is 5.32 Å². The molecule has 0 fully saturated rings. The maximum Gasteiger partial charge on any atom is 0.251 e. The molecule has 0 radical (unpaired) electrons. The number of nitrogens with one attached hydrogen (secondary N) is 1. The van der Waals surface area contributed by atoms with Crippen molar-refractivity contribution in [3.8, 4) is 11.1 Å². The van der Waals surface area contributed by atoms with E-state index < -0.39 is 0 Å². The molecule has 2 rings (SSSR count). The van der Waals surface area contributed by atoms with Crippen molar-refractivity contribution in [2.75, 3.05) is 0 Å². The van der Waals surface area contributed by atoms with Gasteiger partial charge in [0.25, 0.3) is 5.91 Å². The Kier molecular flexibility index (Phi) is 4.35. The predicted octanol–water partition coefficient (Wildman–Crippen LogP) is 3.88. The zero-order valence-electron chi connectivity index (χ0n) is 11.4. The molecule has 0 heterocycles. The van der Waals surface area contributed by atoms with Crippen molar-refractivity contribution in [2.24, 2.45) is 0 Å². The van der Waals surface area contributed by atoms with Crippen LogP contribution in [0.1, 0.15) is 30.6 Å². The van der Waals surface area contributed by atoms with Gasteiger partial charge in [-0.15, -0.1) is 0 Å². The molecule has 98 valence electrons. The summed E-state index contributed by atoms with van der Waals surface area (Å²) in [6.45, 7) is 4.07. The number of carbonyl (C=O) groups excluding carboxylic acids is 1. The van der Waals surface area contributed by atoms with E-state index in [1.165, 1.54) is 0 Å². The van der Waals surface area contributed by atoms with E-state index in [4.69, 9.17) is 0 Å². The van der Waals surface area contributed by atoms with Gasteiger partial charge in [0, 0.05) is 11.6 Å². The van der Waals surface area contributed by atoms with Gasteiger partial charge in [0.15, 0.2) is 0 Å². The Morgan fingerprint density at radius 2 is 1.58 bits per heavy atom. The minimum Gasteiger partial charge on any atom is -0.350 e. The first-order chi connectivity index (χ1) is 9.20. The lowest BCUT2D eigenvalue weighted by Crippen LogP contribution is -2.31. The molecule has 0 aliphatic rings. The summed E-state index contributed by atoms with van der Waals surface area (Å²) in [6, 6.07) is 18.1. The minimum atomic E-state index is -0.00559. The molecule has 0 saturated carbocycles. The molecule has 0 unspecified atom stereocenters.